The van der Waals surface area contributed by atoms with E-state index in [0.717, 1.165) is 27.8 Å². The lowest BCUT2D eigenvalue weighted by atomic mass is 10.0. The maximum absolute atomic E-state index is 13.6. The van der Waals surface area contributed by atoms with Crippen molar-refractivity contribution in [2.75, 3.05) is 64.6 Å². The molecule has 16 heteroatoms. The quantitative estimate of drug-likeness (QED) is 0.0425. The van der Waals surface area contributed by atoms with E-state index in [4.69, 9.17) is 14.2 Å². The predicted octanol–water partition coefficient (Wildman–Crippen LogP) is 5.94. The molecule has 0 saturated carbocycles. The second-order valence-electron chi connectivity index (χ2n) is 18.5. The molecule has 0 aliphatic rings. The number of Topliss-reactive ketones (excluding diaryl/α,β-unsaturated/α-hetero) is 3. The molecule has 71 heavy (non-hydrogen) atoms. The van der Waals surface area contributed by atoms with Crippen LogP contribution in [0.1, 0.15) is 112 Å². The number of unbranched alkanes of at least 4 members (excludes halogenated alkanes) is 2. The minimum atomic E-state index is -1.33. The monoisotopic (exact) mass is 984 g/mol. The number of carbonyl (C=O) groups is 8. The molecule has 16 nitrogen and oxygen atoms in total. The lowest BCUT2D eigenvalue weighted by Crippen LogP contribution is -2.58. The normalized spacial score (nSPS) is 11.2. The SMILES string of the molecule is Cc1ccc(CC(=O)CCNC(=O)CCOCC(COCCC(=O)NCCC(=O)Cc2ccc(C)cc2)(COCCC(=O)NCCC(=O)Nc2ccc(C)cc2)NC(=O)CCCCCC(=O)C(C)C)cc1. The fourth-order valence-corrected chi connectivity index (χ4v) is 7.11. The summed E-state index contributed by atoms with van der Waals surface area (Å²) in [6.45, 7) is 9.41. The Bertz CT molecular complexity index is 1930. The Balaban J connectivity index is 1.59. The highest BCUT2D eigenvalue weighted by molar-refractivity contribution is 5.91. The van der Waals surface area contributed by atoms with Crippen LogP contribution in [0.2, 0.25) is 0 Å². The third-order valence-corrected chi connectivity index (χ3v) is 11.4. The van der Waals surface area contributed by atoms with Gasteiger partial charge in [-0.2, -0.15) is 0 Å². The number of nitrogens with one attached hydrogen (secondary N) is 5. The minimum absolute atomic E-state index is 0.00444. The van der Waals surface area contributed by atoms with Gasteiger partial charge >= 0.3 is 0 Å². The van der Waals surface area contributed by atoms with E-state index in [2.05, 4.69) is 26.6 Å². The molecule has 0 bridgehead atoms. The van der Waals surface area contributed by atoms with Crippen molar-refractivity contribution in [3.63, 3.8) is 0 Å². The largest absolute Gasteiger partial charge is 0.378 e. The molecule has 0 radical (unpaired) electrons. The van der Waals surface area contributed by atoms with Crippen LogP contribution in [0.3, 0.4) is 0 Å². The Morgan fingerprint density at radius 3 is 1.27 bits per heavy atom. The van der Waals surface area contributed by atoms with Crippen LogP contribution in [-0.2, 0) is 65.4 Å². The van der Waals surface area contributed by atoms with Gasteiger partial charge < -0.3 is 40.8 Å². The molecule has 0 aliphatic heterocycles. The summed E-state index contributed by atoms with van der Waals surface area (Å²) in [5.41, 5.74) is 4.40. The fraction of sp³-hybridized carbons (Fsp3) is 0.527. The van der Waals surface area contributed by atoms with Gasteiger partial charge in [0.15, 0.2) is 0 Å². The second-order valence-corrected chi connectivity index (χ2v) is 18.5. The highest BCUT2D eigenvalue weighted by atomic mass is 16.5. The molecule has 0 spiro atoms. The summed E-state index contributed by atoms with van der Waals surface area (Å²) in [7, 11) is 0. The Labute approximate surface area is 419 Å². The molecule has 5 N–H and O–H groups in total. The lowest BCUT2D eigenvalue weighted by molar-refractivity contribution is -0.130. The number of carbonyl (C=O) groups excluding carboxylic acids is 8. The van der Waals surface area contributed by atoms with Crippen LogP contribution in [-0.4, -0.2) is 112 Å². The first-order valence-corrected chi connectivity index (χ1v) is 24.9. The van der Waals surface area contributed by atoms with Gasteiger partial charge in [0.2, 0.25) is 29.5 Å². The van der Waals surface area contributed by atoms with Crippen LogP contribution in [0.5, 0.6) is 0 Å². The summed E-state index contributed by atoms with van der Waals surface area (Å²) < 4.78 is 18.0. The van der Waals surface area contributed by atoms with Crippen LogP contribution in [0.25, 0.3) is 0 Å². The summed E-state index contributed by atoms with van der Waals surface area (Å²) in [6.07, 6.45) is 3.20. The van der Waals surface area contributed by atoms with Crippen molar-refractivity contribution in [2.45, 2.75) is 124 Å². The molecule has 3 aromatic rings. The van der Waals surface area contributed by atoms with Crippen molar-refractivity contribution in [3.8, 4) is 0 Å². The second kappa shape index (κ2) is 33.5. The predicted molar refractivity (Wildman–Crippen MR) is 273 cm³/mol. The first-order valence-electron chi connectivity index (χ1n) is 24.9. The van der Waals surface area contributed by atoms with Crippen LogP contribution in [0.4, 0.5) is 5.69 Å². The van der Waals surface area contributed by atoms with Crippen LogP contribution >= 0.6 is 0 Å². The molecule has 0 saturated heterocycles. The van der Waals surface area contributed by atoms with E-state index in [9.17, 15) is 38.4 Å². The minimum Gasteiger partial charge on any atom is -0.378 e. The Morgan fingerprint density at radius 2 is 0.845 bits per heavy atom. The molecule has 5 amide bonds. The Kier molecular flexibility index (Phi) is 27.9. The summed E-state index contributed by atoms with van der Waals surface area (Å²) >= 11 is 0. The number of amides is 5. The van der Waals surface area contributed by atoms with Crippen molar-refractivity contribution in [1.82, 2.24) is 21.3 Å². The third kappa shape index (κ3) is 27.2. The Morgan fingerprint density at radius 1 is 0.451 bits per heavy atom. The number of benzene rings is 3. The van der Waals surface area contributed by atoms with Gasteiger partial charge in [0.1, 0.15) is 22.9 Å². The first kappa shape index (κ1) is 59.2. The van der Waals surface area contributed by atoms with Crippen molar-refractivity contribution >= 4 is 52.6 Å². The van der Waals surface area contributed by atoms with Crippen molar-refractivity contribution < 1.29 is 52.6 Å². The number of ether oxygens (including phenoxy) is 3. The molecule has 388 valence electrons. The van der Waals surface area contributed by atoms with Gasteiger partial charge in [-0.05, 0) is 56.9 Å². The lowest BCUT2D eigenvalue weighted by Gasteiger charge is -2.34. The summed E-state index contributed by atoms with van der Waals surface area (Å²) in [5.74, 6) is -1.49. The number of hydrogen-bond donors (Lipinski definition) is 5. The van der Waals surface area contributed by atoms with Gasteiger partial charge in [-0.1, -0.05) is 97.6 Å². The zero-order chi connectivity index (χ0) is 51.9. The van der Waals surface area contributed by atoms with Crippen LogP contribution < -0.4 is 26.6 Å². The number of anilines is 1. The number of aryl methyl sites for hydroxylation is 3. The average Bonchev–Trinajstić information content (AvgIpc) is 3.32. The van der Waals surface area contributed by atoms with E-state index < -0.39 is 5.54 Å². The topological polar surface area (TPSA) is 224 Å². The van der Waals surface area contributed by atoms with Crippen molar-refractivity contribution in [2.24, 2.45) is 5.92 Å². The molecule has 0 fully saturated rings. The van der Waals surface area contributed by atoms with Gasteiger partial charge in [0.05, 0.1) is 39.6 Å². The van der Waals surface area contributed by atoms with Crippen LogP contribution in [0.15, 0.2) is 72.8 Å². The molecule has 0 aliphatic carbocycles. The van der Waals surface area contributed by atoms with Gasteiger partial charge in [-0.15, -0.1) is 0 Å². The summed E-state index contributed by atoms with van der Waals surface area (Å²) in [6, 6.07) is 22.8. The zero-order valence-electron chi connectivity index (χ0n) is 42.6. The maximum Gasteiger partial charge on any atom is 0.226 e. The van der Waals surface area contributed by atoms with E-state index in [-0.39, 0.29) is 170 Å². The number of ketones is 3. The van der Waals surface area contributed by atoms with Gasteiger partial charge in [-0.3, -0.25) is 38.4 Å². The van der Waals surface area contributed by atoms with E-state index in [0.29, 0.717) is 31.4 Å². The third-order valence-electron chi connectivity index (χ3n) is 11.4. The average molecular weight is 984 g/mol. The van der Waals surface area contributed by atoms with E-state index in [1.165, 1.54) is 0 Å². The van der Waals surface area contributed by atoms with Gasteiger partial charge in [0, 0.05) is 95.4 Å². The van der Waals surface area contributed by atoms with Crippen molar-refractivity contribution in [3.05, 3.63) is 101 Å². The molecular weight excluding hydrogens is 907 g/mol. The smallest absolute Gasteiger partial charge is 0.226 e. The molecule has 0 heterocycles. The molecule has 3 rings (SSSR count). The molecule has 0 aromatic heterocycles. The highest BCUT2D eigenvalue weighted by Gasteiger charge is 2.34. The van der Waals surface area contributed by atoms with E-state index in [1.54, 1.807) is 12.1 Å². The summed E-state index contributed by atoms with van der Waals surface area (Å²) in [4.78, 5) is 101. The number of rotatable bonds is 37. The zero-order valence-corrected chi connectivity index (χ0v) is 42.6. The van der Waals surface area contributed by atoms with Crippen LogP contribution in [0, 0.1) is 26.7 Å². The van der Waals surface area contributed by atoms with E-state index in [1.807, 2.05) is 95.3 Å². The molecule has 0 atom stereocenters. The maximum atomic E-state index is 13.6. The molecular formula is C55H77N5O11. The highest BCUT2D eigenvalue weighted by Crippen LogP contribution is 2.14. The van der Waals surface area contributed by atoms with E-state index >= 15 is 0 Å². The fourth-order valence-electron chi connectivity index (χ4n) is 7.11. The summed E-state index contributed by atoms with van der Waals surface area (Å²) in [5, 5.41) is 14.1. The molecule has 3 aromatic carbocycles. The first-order chi connectivity index (χ1) is 34.0. The van der Waals surface area contributed by atoms with Gasteiger partial charge in [0.25, 0.3) is 0 Å². The molecule has 0 unspecified atom stereocenters. The van der Waals surface area contributed by atoms with Crippen molar-refractivity contribution in [1.29, 1.82) is 0 Å². The number of hydrogen-bond acceptors (Lipinski definition) is 11. The van der Waals surface area contributed by atoms with Gasteiger partial charge in [-0.25, -0.2) is 0 Å². The Hall–Kier alpha value is -6.10. The standard InChI is InChI=1S/C55H77N5O11/c1-40(2)49(63)9-7-6-8-10-54(68)60-55(37-69-32-26-50(64)56-29-23-47(61)35-44-17-11-41(3)12-18-44,38-70-33-27-51(65)57-30-24-48(62)36-45-19-13-42(4)14-20-45)39-71-34-28-52(66)58-31-25-53(67)59-46-21-15-43(5)16-22-46/h11-22,40H,6-10,23-39H2,1-5H3,(H,56,64)(H,57,65)(H,58,66)(H,59,67)(H,60,68).